The molecule has 35 heavy (non-hydrogen) atoms. The van der Waals surface area contributed by atoms with Crippen LogP contribution in [0.3, 0.4) is 0 Å². The van der Waals surface area contributed by atoms with Crippen molar-refractivity contribution in [1.29, 1.82) is 0 Å². The summed E-state index contributed by atoms with van der Waals surface area (Å²) in [6.07, 6.45) is 1.27. The predicted molar refractivity (Wildman–Crippen MR) is 134 cm³/mol. The third-order valence-corrected chi connectivity index (χ3v) is 6.27. The number of hydrogen-bond donors (Lipinski definition) is 1. The minimum Gasteiger partial charge on any atom is -0.496 e. The number of methoxy groups -OCH3 is 1. The Hall–Kier alpha value is -3.17. The minimum atomic E-state index is -0.393. The van der Waals surface area contributed by atoms with Gasteiger partial charge in [0.05, 0.1) is 32.8 Å². The molecule has 1 aromatic carbocycles. The Labute approximate surface area is 207 Å². The van der Waals surface area contributed by atoms with Gasteiger partial charge in [-0.15, -0.1) is 0 Å². The molecule has 190 valence electrons. The van der Waals surface area contributed by atoms with Crippen molar-refractivity contribution >= 4 is 11.8 Å². The van der Waals surface area contributed by atoms with E-state index in [2.05, 4.69) is 4.98 Å². The van der Waals surface area contributed by atoms with E-state index >= 15 is 0 Å². The van der Waals surface area contributed by atoms with E-state index in [1.165, 1.54) is 0 Å². The zero-order valence-corrected chi connectivity index (χ0v) is 21.4. The summed E-state index contributed by atoms with van der Waals surface area (Å²) in [5.41, 5.74) is 1.84. The van der Waals surface area contributed by atoms with Gasteiger partial charge < -0.3 is 29.3 Å². The number of ether oxygens (including phenoxy) is 2. The highest BCUT2D eigenvalue weighted by atomic mass is 16.5. The van der Waals surface area contributed by atoms with Gasteiger partial charge in [-0.05, 0) is 33.2 Å². The summed E-state index contributed by atoms with van der Waals surface area (Å²) in [4.78, 5) is 35.9. The number of fused-ring (bicyclic) bond motifs is 1. The van der Waals surface area contributed by atoms with Crippen LogP contribution < -0.4 is 9.47 Å². The average molecular weight is 485 g/mol. The Kier molecular flexibility index (Phi) is 8.69. The number of hydrogen-bond acceptors (Lipinski definition) is 7. The molecule has 0 saturated heterocycles. The number of benzene rings is 1. The maximum Gasteiger partial charge on any atom is 0.259 e. The normalized spacial score (nSPS) is 18.9. The molecule has 1 aliphatic rings. The zero-order valence-electron chi connectivity index (χ0n) is 21.4. The molecule has 0 spiro atoms. The van der Waals surface area contributed by atoms with Gasteiger partial charge in [0.1, 0.15) is 17.4 Å². The van der Waals surface area contributed by atoms with Gasteiger partial charge in [-0.1, -0.05) is 25.1 Å². The van der Waals surface area contributed by atoms with Crippen LogP contribution in [0.4, 0.5) is 0 Å². The Morgan fingerprint density at radius 1 is 1.29 bits per heavy atom. The van der Waals surface area contributed by atoms with Gasteiger partial charge >= 0.3 is 0 Å². The maximum absolute atomic E-state index is 13.6. The summed E-state index contributed by atoms with van der Waals surface area (Å²) < 4.78 is 11.8. The van der Waals surface area contributed by atoms with E-state index in [0.717, 1.165) is 11.1 Å². The van der Waals surface area contributed by atoms with Crippen LogP contribution in [0.1, 0.15) is 24.2 Å². The van der Waals surface area contributed by atoms with E-state index in [1.807, 2.05) is 57.1 Å². The van der Waals surface area contributed by atoms with Gasteiger partial charge in [0.2, 0.25) is 11.8 Å². The fourth-order valence-corrected chi connectivity index (χ4v) is 4.11. The molecule has 2 aromatic rings. The lowest BCUT2D eigenvalue weighted by Crippen LogP contribution is -2.51. The minimum absolute atomic E-state index is 0.0239. The Bertz CT molecular complexity index is 1040. The van der Waals surface area contributed by atoms with Gasteiger partial charge in [-0.2, -0.15) is 0 Å². The van der Waals surface area contributed by atoms with Gasteiger partial charge in [-0.25, -0.2) is 4.98 Å². The predicted octanol–water partition coefficient (Wildman–Crippen LogP) is 2.00. The van der Waals surface area contributed by atoms with Crippen molar-refractivity contribution in [2.24, 2.45) is 5.92 Å². The van der Waals surface area contributed by atoms with E-state index < -0.39 is 6.10 Å². The van der Waals surface area contributed by atoms with Crippen LogP contribution in [0, 0.1) is 5.92 Å². The van der Waals surface area contributed by atoms with Crippen LogP contribution in [0.25, 0.3) is 11.1 Å². The summed E-state index contributed by atoms with van der Waals surface area (Å²) in [5, 5.41) is 9.86. The number of nitrogens with zero attached hydrogens (tertiary/aromatic N) is 4. The first-order valence-electron chi connectivity index (χ1n) is 11.8. The third kappa shape index (κ3) is 6.10. The molecule has 0 unspecified atom stereocenters. The highest BCUT2D eigenvalue weighted by molar-refractivity contribution is 5.98. The number of aromatic nitrogens is 1. The van der Waals surface area contributed by atoms with Crippen molar-refractivity contribution in [3.8, 4) is 22.8 Å². The van der Waals surface area contributed by atoms with Crippen LogP contribution in [0.5, 0.6) is 11.6 Å². The number of rotatable bonds is 8. The molecule has 3 rings (SSSR count). The van der Waals surface area contributed by atoms with Crippen LogP contribution in [-0.4, -0.2) is 103 Å². The summed E-state index contributed by atoms with van der Waals surface area (Å²) in [7, 11) is 7.04. The molecule has 1 aliphatic heterocycles. The molecular weight excluding hydrogens is 448 g/mol. The average Bonchev–Trinajstić information content (AvgIpc) is 2.84. The number of likely N-dealkylation sites (N-methyl/N-ethyl adjacent to an activating group) is 2. The smallest absolute Gasteiger partial charge is 0.259 e. The highest BCUT2D eigenvalue weighted by Crippen LogP contribution is 2.34. The summed E-state index contributed by atoms with van der Waals surface area (Å²) in [5.74, 6) is 0.499. The molecule has 0 radical (unpaired) electrons. The first-order valence-corrected chi connectivity index (χ1v) is 11.8. The monoisotopic (exact) mass is 484 g/mol. The molecular formula is C26H36N4O5. The Balaban J connectivity index is 2.02. The summed E-state index contributed by atoms with van der Waals surface area (Å²) in [6.45, 7) is 4.64. The lowest BCUT2D eigenvalue weighted by Gasteiger charge is -2.37. The second-order valence-corrected chi connectivity index (χ2v) is 9.41. The number of carbonyl (C=O) groups excluding carboxylic acids is 2. The topological polar surface area (TPSA) is 95.4 Å². The van der Waals surface area contributed by atoms with E-state index in [1.54, 1.807) is 36.2 Å². The molecule has 9 heteroatoms. The van der Waals surface area contributed by atoms with Crippen molar-refractivity contribution in [1.82, 2.24) is 19.7 Å². The Morgan fingerprint density at radius 3 is 2.66 bits per heavy atom. The Morgan fingerprint density at radius 2 is 2.00 bits per heavy atom. The number of pyridine rings is 1. The quantitative estimate of drug-likeness (QED) is 0.612. The molecule has 2 heterocycles. The number of amides is 2. The van der Waals surface area contributed by atoms with Gasteiger partial charge in [0.25, 0.3) is 5.91 Å². The number of para-hydroxylation sites is 1. The molecule has 2 amide bonds. The molecule has 1 N–H and O–H groups in total. The molecule has 0 fully saturated rings. The molecule has 0 aliphatic carbocycles. The van der Waals surface area contributed by atoms with Crippen molar-refractivity contribution < 1.29 is 24.2 Å². The summed E-state index contributed by atoms with van der Waals surface area (Å²) in [6, 6.07) is 8.89. The number of aliphatic hydroxyl groups excluding tert-OH is 1. The van der Waals surface area contributed by atoms with Crippen LogP contribution in [0.15, 0.2) is 36.5 Å². The molecule has 0 saturated carbocycles. The summed E-state index contributed by atoms with van der Waals surface area (Å²) >= 11 is 0. The third-order valence-electron chi connectivity index (χ3n) is 6.27. The molecule has 3 atom stereocenters. The van der Waals surface area contributed by atoms with E-state index in [-0.39, 0.29) is 36.3 Å². The molecule has 0 bridgehead atoms. The second-order valence-electron chi connectivity index (χ2n) is 9.41. The fourth-order valence-electron chi connectivity index (χ4n) is 4.11. The van der Waals surface area contributed by atoms with Crippen molar-refractivity contribution in [2.75, 3.05) is 54.5 Å². The first kappa shape index (κ1) is 26.4. The second kappa shape index (κ2) is 11.5. The van der Waals surface area contributed by atoms with Crippen LogP contribution in [0.2, 0.25) is 0 Å². The highest BCUT2D eigenvalue weighted by Gasteiger charge is 2.35. The maximum atomic E-state index is 13.6. The van der Waals surface area contributed by atoms with Crippen molar-refractivity contribution in [3.05, 3.63) is 42.1 Å². The van der Waals surface area contributed by atoms with Gasteiger partial charge in [0, 0.05) is 36.8 Å². The van der Waals surface area contributed by atoms with E-state index in [0.29, 0.717) is 30.9 Å². The first-order chi connectivity index (χ1) is 16.7. The van der Waals surface area contributed by atoms with Gasteiger partial charge in [0.15, 0.2) is 0 Å². The van der Waals surface area contributed by atoms with Crippen molar-refractivity contribution in [2.45, 2.75) is 26.0 Å². The van der Waals surface area contributed by atoms with Crippen molar-refractivity contribution in [3.63, 3.8) is 0 Å². The largest absolute Gasteiger partial charge is 0.496 e. The molecule has 1 aromatic heterocycles. The lowest BCUT2D eigenvalue weighted by molar-refractivity contribution is -0.132. The number of aliphatic hydroxyl groups is 1. The molecule has 9 nitrogen and oxygen atoms in total. The van der Waals surface area contributed by atoms with Gasteiger partial charge in [-0.3, -0.25) is 9.59 Å². The van der Waals surface area contributed by atoms with E-state index in [4.69, 9.17) is 9.47 Å². The number of carbonyl (C=O) groups is 2. The lowest BCUT2D eigenvalue weighted by atomic mass is 9.99. The fraction of sp³-hybridized carbons (Fsp3) is 0.500. The standard InChI is InChI=1S/C26H36N4O5/c1-17-13-30(18(2)16-31)26(33)21-11-19(20-9-7-8-10-22(20)34-6)12-27-25(21)35-23(17)14-29(5)24(32)15-28(3)4/h7-12,17-18,23,31H,13-16H2,1-6H3/t17-,18+,23-/m1/s1. The van der Waals surface area contributed by atoms with Crippen LogP contribution >= 0.6 is 0 Å². The van der Waals surface area contributed by atoms with Crippen LogP contribution in [-0.2, 0) is 4.79 Å². The van der Waals surface area contributed by atoms with E-state index in [9.17, 15) is 14.7 Å². The zero-order chi connectivity index (χ0) is 25.7. The SMILES string of the molecule is COc1ccccc1-c1cnc2c(c1)C(=O)N([C@@H](C)CO)C[C@@H](C)[C@@H](CN(C)C(=O)CN(C)C)O2.